The zero-order valence-electron chi connectivity index (χ0n) is 14.5. The van der Waals surface area contributed by atoms with E-state index in [0.29, 0.717) is 30.5 Å². The van der Waals surface area contributed by atoms with Crippen molar-refractivity contribution in [1.29, 1.82) is 0 Å². The molecule has 1 aromatic heterocycles. The van der Waals surface area contributed by atoms with Crippen molar-refractivity contribution in [3.63, 3.8) is 0 Å². The molecule has 2 aliphatic heterocycles. The van der Waals surface area contributed by atoms with Crippen LogP contribution in [-0.2, 0) is 11.3 Å². The van der Waals surface area contributed by atoms with E-state index in [2.05, 4.69) is 21.7 Å². The lowest BCUT2D eigenvalue weighted by Crippen LogP contribution is -2.43. The van der Waals surface area contributed by atoms with Gasteiger partial charge in [0.15, 0.2) is 5.82 Å². The molecule has 0 bridgehead atoms. The molecule has 0 aliphatic carbocycles. The Morgan fingerprint density at radius 1 is 1.44 bits per heavy atom. The Morgan fingerprint density at radius 3 is 2.88 bits per heavy atom. The fourth-order valence-electron chi connectivity index (χ4n) is 3.52. The van der Waals surface area contributed by atoms with Crippen LogP contribution in [-0.4, -0.2) is 45.6 Å². The zero-order valence-corrected chi connectivity index (χ0v) is 15.3. The van der Waals surface area contributed by atoms with E-state index >= 15 is 0 Å². The van der Waals surface area contributed by atoms with Crippen molar-refractivity contribution in [1.82, 2.24) is 14.8 Å². The van der Waals surface area contributed by atoms with Crippen LogP contribution in [0.5, 0.6) is 0 Å². The quantitative estimate of drug-likeness (QED) is 0.437. The minimum absolute atomic E-state index is 0.0954. The average Bonchev–Trinajstić information content (AvgIpc) is 2.98. The zero-order chi connectivity index (χ0) is 18.0. The first-order valence-electron chi connectivity index (χ1n) is 8.63. The Morgan fingerprint density at radius 2 is 2.24 bits per heavy atom. The van der Waals surface area contributed by atoms with Gasteiger partial charge in [0.05, 0.1) is 10.8 Å². The third-order valence-corrected chi connectivity index (χ3v) is 4.88. The van der Waals surface area contributed by atoms with E-state index in [1.54, 1.807) is 12.3 Å². The summed E-state index contributed by atoms with van der Waals surface area (Å²) in [5.74, 6) is 0.548. The molecule has 0 aromatic carbocycles. The van der Waals surface area contributed by atoms with Gasteiger partial charge in [-0.1, -0.05) is 31.5 Å². The normalized spacial score (nSPS) is 23.2. The number of pyridine rings is 1. The van der Waals surface area contributed by atoms with Crippen LogP contribution in [0.25, 0.3) is 0 Å². The van der Waals surface area contributed by atoms with Crippen LogP contribution in [0.15, 0.2) is 29.8 Å². The van der Waals surface area contributed by atoms with Gasteiger partial charge >= 0.3 is 0 Å². The minimum atomic E-state index is -0.235. The summed E-state index contributed by atoms with van der Waals surface area (Å²) in [7, 11) is 0. The maximum absolute atomic E-state index is 11.7. The smallest absolute Gasteiger partial charge is 0.289 e. The summed E-state index contributed by atoms with van der Waals surface area (Å²) < 4.78 is 5.97. The molecule has 0 N–H and O–H groups in total. The van der Waals surface area contributed by atoms with E-state index in [4.69, 9.17) is 16.3 Å². The lowest BCUT2D eigenvalue weighted by Gasteiger charge is -2.37. The second-order valence-corrected chi connectivity index (χ2v) is 6.92. The molecule has 0 unspecified atom stereocenters. The van der Waals surface area contributed by atoms with Gasteiger partial charge < -0.3 is 14.5 Å². The molecule has 1 saturated heterocycles. The van der Waals surface area contributed by atoms with Gasteiger partial charge in [-0.25, -0.2) is 4.98 Å². The summed E-state index contributed by atoms with van der Waals surface area (Å²) in [4.78, 5) is 19.7. The van der Waals surface area contributed by atoms with Gasteiger partial charge in [0.25, 0.3) is 5.70 Å². The Hall–Kier alpha value is -1.86. The Labute approximate surface area is 152 Å². The van der Waals surface area contributed by atoms with Crippen LogP contribution in [0.2, 0.25) is 5.15 Å². The van der Waals surface area contributed by atoms with Crippen molar-refractivity contribution in [2.45, 2.75) is 39.5 Å². The van der Waals surface area contributed by atoms with Gasteiger partial charge in [0.1, 0.15) is 11.4 Å². The van der Waals surface area contributed by atoms with Crippen LogP contribution in [0.4, 0.5) is 0 Å². The van der Waals surface area contributed by atoms with E-state index in [1.807, 2.05) is 13.0 Å². The molecule has 2 aliphatic rings. The SMILES string of the molecule is CCCO[C@H]1C[C@H](C)C([N+](=O)[O-])=C2N(Cc3ccc(Cl)nc3)CCN21. The first-order valence-corrected chi connectivity index (χ1v) is 9.01. The van der Waals surface area contributed by atoms with E-state index < -0.39 is 0 Å². The third kappa shape index (κ3) is 3.72. The van der Waals surface area contributed by atoms with E-state index in [1.165, 1.54) is 0 Å². The van der Waals surface area contributed by atoms with Gasteiger partial charge in [0, 0.05) is 38.9 Å². The summed E-state index contributed by atoms with van der Waals surface area (Å²) >= 11 is 5.84. The number of nitro groups is 1. The molecule has 0 radical (unpaired) electrons. The highest BCUT2D eigenvalue weighted by Crippen LogP contribution is 2.37. The van der Waals surface area contributed by atoms with Crippen molar-refractivity contribution < 1.29 is 9.66 Å². The number of allylic oxidation sites excluding steroid dienone is 1. The Kier molecular flexibility index (Phi) is 5.44. The summed E-state index contributed by atoms with van der Waals surface area (Å²) in [6.07, 6.45) is 3.20. The molecule has 1 fully saturated rings. The van der Waals surface area contributed by atoms with E-state index in [-0.39, 0.29) is 22.8 Å². The van der Waals surface area contributed by atoms with Gasteiger partial charge in [-0.2, -0.15) is 0 Å². The molecular weight excluding hydrogens is 344 g/mol. The second kappa shape index (κ2) is 7.58. The van der Waals surface area contributed by atoms with Crippen molar-refractivity contribution in [3.8, 4) is 0 Å². The number of fused-ring (bicyclic) bond motifs is 1. The number of hydrogen-bond acceptors (Lipinski definition) is 6. The molecule has 2 atom stereocenters. The predicted molar refractivity (Wildman–Crippen MR) is 94.2 cm³/mol. The Balaban J connectivity index is 1.89. The first kappa shape index (κ1) is 17.9. The fraction of sp³-hybridized carbons (Fsp3) is 0.588. The monoisotopic (exact) mass is 366 g/mol. The maximum atomic E-state index is 11.7. The molecule has 0 amide bonds. The lowest BCUT2D eigenvalue weighted by atomic mass is 9.98. The molecule has 0 spiro atoms. The number of halogens is 1. The van der Waals surface area contributed by atoms with Crippen molar-refractivity contribution >= 4 is 11.6 Å². The molecule has 3 rings (SSSR count). The largest absolute Gasteiger partial charge is 0.358 e. The number of nitrogens with zero attached hydrogens (tertiary/aromatic N) is 4. The fourth-order valence-corrected chi connectivity index (χ4v) is 3.63. The predicted octanol–water partition coefficient (Wildman–Crippen LogP) is 3.09. The van der Waals surface area contributed by atoms with Crippen LogP contribution >= 0.6 is 11.6 Å². The molecule has 3 heterocycles. The second-order valence-electron chi connectivity index (χ2n) is 6.53. The molecule has 0 saturated carbocycles. The van der Waals surface area contributed by atoms with E-state index in [0.717, 1.165) is 25.1 Å². The maximum Gasteiger partial charge on any atom is 0.289 e. The van der Waals surface area contributed by atoms with Gasteiger partial charge in [-0.15, -0.1) is 0 Å². The lowest BCUT2D eigenvalue weighted by molar-refractivity contribution is -0.439. The van der Waals surface area contributed by atoms with Crippen molar-refractivity contribution in [2.75, 3.05) is 19.7 Å². The minimum Gasteiger partial charge on any atom is -0.358 e. The first-order chi connectivity index (χ1) is 12.0. The number of hydrogen-bond donors (Lipinski definition) is 0. The number of ether oxygens (including phenoxy) is 1. The van der Waals surface area contributed by atoms with Gasteiger partial charge in [-0.3, -0.25) is 10.1 Å². The van der Waals surface area contributed by atoms with Crippen LogP contribution in [0, 0.1) is 16.0 Å². The Bertz CT molecular complexity index is 664. The topological polar surface area (TPSA) is 71.7 Å². The van der Waals surface area contributed by atoms with Crippen LogP contribution in [0.3, 0.4) is 0 Å². The average molecular weight is 367 g/mol. The summed E-state index contributed by atoms with van der Waals surface area (Å²) in [6.45, 7) is 6.67. The molecule has 25 heavy (non-hydrogen) atoms. The molecule has 136 valence electrons. The van der Waals surface area contributed by atoms with Gasteiger partial charge in [-0.05, 0) is 18.1 Å². The molecule has 1 aromatic rings. The molecular formula is C17H23ClN4O3. The molecule has 7 nitrogen and oxygen atoms in total. The highest BCUT2D eigenvalue weighted by Gasteiger charge is 2.45. The standard InChI is InChI=1S/C17H23ClN4O3/c1-3-8-25-15-9-12(2)16(22(23)24)17-20(6-7-21(15)17)11-13-4-5-14(18)19-10-13/h4-5,10,12,15H,3,6-9,11H2,1-2H3/t12-,15-/m0/s1. The van der Waals surface area contributed by atoms with Crippen LogP contribution < -0.4 is 0 Å². The highest BCUT2D eigenvalue weighted by atomic mass is 35.5. The number of aromatic nitrogens is 1. The highest BCUT2D eigenvalue weighted by molar-refractivity contribution is 6.29. The summed E-state index contributed by atoms with van der Waals surface area (Å²) in [5.41, 5.74) is 1.27. The number of rotatable bonds is 6. The van der Waals surface area contributed by atoms with Crippen molar-refractivity contribution in [2.24, 2.45) is 5.92 Å². The van der Waals surface area contributed by atoms with Gasteiger partial charge in [0.2, 0.25) is 0 Å². The summed E-state index contributed by atoms with van der Waals surface area (Å²) in [6, 6.07) is 3.64. The van der Waals surface area contributed by atoms with E-state index in [9.17, 15) is 10.1 Å². The van der Waals surface area contributed by atoms with Crippen molar-refractivity contribution in [3.05, 3.63) is 50.7 Å². The summed E-state index contributed by atoms with van der Waals surface area (Å²) in [5, 5.41) is 12.1. The molecule has 8 heteroatoms. The third-order valence-electron chi connectivity index (χ3n) is 4.65. The van der Waals surface area contributed by atoms with Crippen LogP contribution in [0.1, 0.15) is 32.3 Å².